The molecule has 2 N–H and O–H groups in total. The van der Waals surface area contributed by atoms with Gasteiger partial charge >= 0.3 is 0 Å². The highest BCUT2D eigenvalue weighted by molar-refractivity contribution is 6.43. The van der Waals surface area contributed by atoms with Crippen LogP contribution in [-0.4, -0.2) is 24.5 Å². The molecule has 2 rings (SSSR count). The van der Waals surface area contributed by atoms with E-state index in [1.807, 2.05) is 13.8 Å². The van der Waals surface area contributed by atoms with Crippen LogP contribution >= 0.6 is 34.8 Å². The van der Waals surface area contributed by atoms with Crippen molar-refractivity contribution >= 4 is 52.3 Å². The van der Waals surface area contributed by atoms with Crippen molar-refractivity contribution in [2.45, 2.75) is 26.3 Å². The number of anilines is 1. The van der Waals surface area contributed by atoms with Gasteiger partial charge in [0.15, 0.2) is 6.61 Å². The summed E-state index contributed by atoms with van der Waals surface area (Å²) >= 11 is 17.8. The van der Waals surface area contributed by atoms with E-state index in [0.717, 1.165) is 5.56 Å². The van der Waals surface area contributed by atoms with E-state index in [0.29, 0.717) is 10.7 Å². The third kappa shape index (κ3) is 6.94. The second-order valence-corrected chi connectivity index (χ2v) is 7.35. The lowest BCUT2D eigenvalue weighted by atomic mass is 10.1. The predicted octanol–water partition coefficient (Wildman–Crippen LogP) is 4.73. The van der Waals surface area contributed by atoms with E-state index < -0.39 is 0 Å². The highest BCUT2D eigenvalue weighted by atomic mass is 35.5. The number of ether oxygens (including phenoxy) is 1. The van der Waals surface area contributed by atoms with Crippen LogP contribution in [0.5, 0.6) is 5.75 Å². The zero-order valence-corrected chi connectivity index (χ0v) is 17.1. The molecule has 2 aromatic carbocycles. The normalized spacial score (nSPS) is 10.6. The van der Waals surface area contributed by atoms with Gasteiger partial charge in [-0.25, -0.2) is 0 Å². The minimum absolute atomic E-state index is 0.0475. The van der Waals surface area contributed by atoms with E-state index >= 15 is 0 Å². The molecule has 2 amide bonds. The molecule has 5 nitrogen and oxygen atoms in total. The first-order chi connectivity index (χ1) is 12.7. The van der Waals surface area contributed by atoms with Crippen molar-refractivity contribution in [2.24, 2.45) is 0 Å². The fourth-order valence-electron chi connectivity index (χ4n) is 2.22. The number of rotatable bonds is 7. The molecule has 0 heterocycles. The van der Waals surface area contributed by atoms with Crippen LogP contribution in [0.3, 0.4) is 0 Å². The van der Waals surface area contributed by atoms with E-state index in [1.54, 1.807) is 24.3 Å². The summed E-state index contributed by atoms with van der Waals surface area (Å²) in [7, 11) is 0. The zero-order valence-electron chi connectivity index (χ0n) is 14.8. The van der Waals surface area contributed by atoms with Gasteiger partial charge < -0.3 is 15.4 Å². The maximum Gasteiger partial charge on any atom is 0.262 e. The quantitative estimate of drug-likeness (QED) is 0.625. The van der Waals surface area contributed by atoms with Crippen LogP contribution in [0.4, 0.5) is 5.69 Å². The van der Waals surface area contributed by atoms with Gasteiger partial charge in [-0.15, -0.1) is 0 Å². The second-order valence-electron chi connectivity index (χ2n) is 6.13. The smallest absolute Gasteiger partial charge is 0.262 e. The SMILES string of the molecule is CC(C)NC(=O)Cc1ccc(NC(=O)COc2cc(Cl)c(Cl)cc2Cl)cc1. The van der Waals surface area contributed by atoms with E-state index in [2.05, 4.69) is 10.6 Å². The Kier molecular flexibility index (Phi) is 7.78. The number of benzene rings is 2. The van der Waals surface area contributed by atoms with Crippen LogP contribution in [0.15, 0.2) is 36.4 Å². The Bertz CT molecular complexity index is 824. The van der Waals surface area contributed by atoms with Crippen molar-refractivity contribution in [3.05, 3.63) is 57.0 Å². The van der Waals surface area contributed by atoms with Crippen LogP contribution in [0.25, 0.3) is 0 Å². The Balaban J connectivity index is 1.87. The molecule has 0 unspecified atom stereocenters. The largest absolute Gasteiger partial charge is 0.482 e. The average molecular weight is 430 g/mol. The molecule has 2 aromatic rings. The predicted molar refractivity (Wildman–Crippen MR) is 109 cm³/mol. The third-order valence-corrected chi connectivity index (χ3v) is 4.40. The number of halogens is 3. The molecular weight excluding hydrogens is 411 g/mol. The standard InChI is InChI=1S/C19H19Cl3N2O3/c1-11(2)23-18(25)7-12-3-5-13(6-4-12)24-19(26)10-27-17-9-15(21)14(20)8-16(17)22/h3-6,8-9,11H,7,10H2,1-2H3,(H,23,25)(H,24,26). The molecule has 0 aromatic heterocycles. The summed E-state index contributed by atoms with van der Waals surface area (Å²) < 4.78 is 5.38. The zero-order chi connectivity index (χ0) is 20.0. The first-order valence-electron chi connectivity index (χ1n) is 8.20. The van der Waals surface area contributed by atoms with Gasteiger partial charge in [0.25, 0.3) is 5.91 Å². The second kappa shape index (κ2) is 9.83. The van der Waals surface area contributed by atoms with Gasteiger partial charge in [0.1, 0.15) is 5.75 Å². The number of amides is 2. The van der Waals surface area contributed by atoms with E-state index in [4.69, 9.17) is 39.5 Å². The molecule has 0 aliphatic heterocycles. The Hall–Kier alpha value is -1.95. The highest BCUT2D eigenvalue weighted by Gasteiger charge is 2.10. The summed E-state index contributed by atoms with van der Waals surface area (Å²) in [5, 5.41) is 6.39. The Labute approximate surface area is 172 Å². The van der Waals surface area contributed by atoms with Crippen molar-refractivity contribution < 1.29 is 14.3 Å². The highest BCUT2D eigenvalue weighted by Crippen LogP contribution is 2.33. The lowest BCUT2D eigenvalue weighted by Crippen LogP contribution is -2.31. The molecule has 0 fully saturated rings. The lowest BCUT2D eigenvalue weighted by molar-refractivity contribution is -0.121. The molecule has 0 aliphatic carbocycles. The minimum Gasteiger partial charge on any atom is -0.482 e. The fourth-order valence-corrected chi connectivity index (χ4v) is 2.81. The number of hydrogen-bond donors (Lipinski definition) is 2. The summed E-state index contributed by atoms with van der Waals surface area (Å²) in [6, 6.07) is 10.0. The topological polar surface area (TPSA) is 67.4 Å². The van der Waals surface area contributed by atoms with Crippen LogP contribution in [0, 0.1) is 0 Å². The Morgan fingerprint density at radius 2 is 1.59 bits per heavy atom. The van der Waals surface area contributed by atoms with Gasteiger partial charge in [-0.1, -0.05) is 46.9 Å². The van der Waals surface area contributed by atoms with Gasteiger partial charge in [0.05, 0.1) is 21.5 Å². The Morgan fingerprint density at radius 1 is 0.963 bits per heavy atom. The van der Waals surface area contributed by atoms with Gasteiger partial charge in [-0.2, -0.15) is 0 Å². The molecule has 8 heteroatoms. The van der Waals surface area contributed by atoms with Crippen molar-refractivity contribution in [1.29, 1.82) is 0 Å². The van der Waals surface area contributed by atoms with Gasteiger partial charge in [-0.05, 0) is 37.6 Å². The number of carbonyl (C=O) groups excluding carboxylic acids is 2. The van der Waals surface area contributed by atoms with E-state index in [1.165, 1.54) is 12.1 Å². The van der Waals surface area contributed by atoms with E-state index in [9.17, 15) is 9.59 Å². The summed E-state index contributed by atoms with van der Waals surface area (Å²) in [4.78, 5) is 23.8. The maximum absolute atomic E-state index is 12.0. The molecule has 0 saturated carbocycles. The molecule has 0 radical (unpaired) electrons. The van der Waals surface area contributed by atoms with Crippen molar-refractivity contribution in [3.63, 3.8) is 0 Å². The monoisotopic (exact) mass is 428 g/mol. The molecular formula is C19H19Cl3N2O3. The average Bonchev–Trinajstić information content (AvgIpc) is 2.58. The molecule has 0 saturated heterocycles. The molecule has 144 valence electrons. The molecule has 0 atom stereocenters. The number of carbonyl (C=O) groups is 2. The van der Waals surface area contributed by atoms with Crippen molar-refractivity contribution in [2.75, 3.05) is 11.9 Å². The molecule has 27 heavy (non-hydrogen) atoms. The number of nitrogens with one attached hydrogen (secondary N) is 2. The minimum atomic E-state index is -0.359. The maximum atomic E-state index is 12.0. The summed E-state index contributed by atoms with van der Waals surface area (Å²) in [5.41, 5.74) is 1.45. The molecule has 0 spiro atoms. The summed E-state index contributed by atoms with van der Waals surface area (Å²) in [5.74, 6) is -0.135. The first kappa shape index (κ1) is 21.4. The van der Waals surface area contributed by atoms with E-state index in [-0.39, 0.29) is 46.7 Å². The van der Waals surface area contributed by atoms with Crippen LogP contribution in [0.2, 0.25) is 15.1 Å². The Morgan fingerprint density at radius 3 is 2.22 bits per heavy atom. The molecule has 0 aliphatic rings. The van der Waals surface area contributed by atoms with Gasteiger partial charge in [0.2, 0.25) is 5.91 Å². The van der Waals surface area contributed by atoms with Gasteiger partial charge in [-0.3, -0.25) is 9.59 Å². The fraction of sp³-hybridized carbons (Fsp3) is 0.263. The van der Waals surface area contributed by atoms with Gasteiger partial charge in [0, 0.05) is 17.8 Å². The van der Waals surface area contributed by atoms with Crippen molar-refractivity contribution in [1.82, 2.24) is 5.32 Å². The van der Waals surface area contributed by atoms with Crippen molar-refractivity contribution in [3.8, 4) is 5.75 Å². The molecule has 0 bridgehead atoms. The third-order valence-electron chi connectivity index (χ3n) is 3.39. The first-order valence-corrected chi connectivity index (χ1v) is 9.33. The van der Waals surface area contributed by atoms with Crippen LogP contribution < -0.4 is 15.4 Å². The van der Waals surface area contributed by atoms with Crippen LogP contribution in [0.1, 0.15) is 19.4 Å². The van der Waals surface area contributed by atoms with Crippen LogP contribution in [-0.2, 0) is 16.0 Å². The summed E-state index contributed by atoms with van der Waals surface area (Å²) in [6.45, 7) is 3.57. The summed E-state index contributed by atoms with van der Waals surface area (Å²) in [6.07, 6.45) is 0.283. The number of hydrogen-bond acceptors (Lipinski definition) is 3. The lowest BCUT2D eigenvalue weighted by Gasteiger charge is -2.11.